The summed E-state index contributed by atoms with van der Waals surface area (Å²) < 4.78 is 61.1. The van der Waals surface area contributed by atoms with Crippen molar-refractivity contribution in [2.24, 2.45) is 0 Å². The van der Waals surface area contributed by atoms with Gasteiger partial charge in [0.25, 0.3) is 0 Å². The first-order valence-electron chi connectivity index (χ1n) is 11.8. The molecule has 0 amide bonds. The molecular weight excluding hydrogens is 556 g/mol. The molecule has 39 heavy (non-hydrogen) atoms. The topological polar surface area (TPSA) is 142 Å². The van der Waals surface area contributed by atoms with Crippen LogP contribution in [0.2, 0.25) is 5.02 Å². The van der Waals surface area contributed by atoms with Gasteiger partial charge in [-0.25, -0.2) is 22.2 Å². The van der Waals surface area contributed by atoms with Crippen LogP contribution in [0.3, 0.4) is 0 Å². The summed E-state index contributed by atoms with van der Waals surface area (Å²) in [6, 6.07) is 8.16. The van der Waals surface area contributed by atoms with Gasteiger partial charge in [0.15, 0.2) is 11.6 Å². The Bertz CT molecular complexity index is 1640. The molecule has 0 radical (unpaired) electrons. The zero-order chi connectivity index (χ0) is 28.3. The average Bonchev–Trinajstić information content (AvgIpc) is 3.32. The number of H-pyrrole nitrogens is 1. The normalized spacial score (nSPS) is 12.5. The van der Waals surface area contributed by atoms with Crippen LogP contribution in [-0.4, -0.2) is 59.5 Å². The predicted octanol–water partition coefficient (Wildman–Crippen LogP) is 4.28. The summed E-state index contributed by atoms with van der Waals surface area (Å²) in [4.78, 5) is 20.5. The van der Waals surface area contributed by atoms with Gasteiger partial charge in [-0.15, -0.1) is 0 Å². The van der Waals surface area contributed by atoms with Crippen molar-refractivity contribution in [3.05, 3.63) is 76.6 Å². The van der Waals surface area contributed by atoms with Crippen molar-refractivity contribution in [3.8, 4) is 16.9 Å². The number of halogens is 3. The van der Waals surface area contributed by atoms with Crippen LogP contribution in [0.5, 0.6) is 5.75 Å². The van der Waals surface area contributed by atoms with E-state index in [2.05, 4.69) is 9.97 Å². The highest BCUT2D eigenvalue weighted by Gasteiger charge is 2.25. The van der Waals surface area contributed by atoms with Gasteiger partial charge in [-0.1, -0.05) is 18.5 Å². The number of aliphatic hydroxyl groups is 2. The van der Waals surface area contributed by atoms with Crippen LogP contribution >= 0.6 is 11.6 Å². The molecular formula is C26H24ClF2N3O6S. The molecule has 1 atom stereocenters. The lowest BCUT2D eigenvalue weighted by molar-refractivity contribution is 0.0536. The SMILES string of the molecule is CCCS(=O)(=O)Nc1c(F)ccc(C(=O)c2c[nH]c3ncc(-c4ccc(OCC(O)CO)cc4Cl)cc23)c1F. The first-order valence-corrected chi connectivity index (χ1v) is 13.8. The molecule has 0 aliphatic heterocycles. The molecule has 0 saturated carbocycles. The number of nitrogens with one attached hydrogen (secondary N) is 2. The molecule has 2 aromatic carbocycles. The third-order valence-corrected chi connectivity index (χ3v) is 7.52. The zero-order valence-electron chi connectivity index (χ0n) is 20.5. The standard InChI is InChI=1S/C26H24ClF2N3O6S/c1-2-7-39(36,37)32-24-22(28)6-5-18(23(24)29)25(35)20-11-31-26-19(20)8-14(10-30-26)17-4-3-16(9-21(17)27)38-13-15(34)12-33/h3-6,8-11,15,32-34H,2,7,12-13H2,1H3,(H,30,31). The van der Waals surface area contributed by atoms with Gasteiger partial charge in [-0.3, -0.25) is 9.52 Å². The summed E-state index contributed by atoms with van der Waals surface area (Å²) in [5.74, 6) is -3.28. The number of aromatic nitrogens is 2. The van der Waals surface area contributed by atoms with E-state index in [-0.39, 0.29) is 29.4 Å². The second kappa shape index (κ2) is 11.7. The monoisotopic (exact) mass is 579 g/mol. The van der Waals surface area contributed by atoms with Crippen LogP contribution in [0, 0.1) is 11.6 Å². The highest BCUT2D eigenvalue weighted by molar-refractivity contribution is 7.92. The third kappa shape index (κ3) is 6.19. The number of benzene rings is 2. The van der Waals surface area contributed by atoms with E-state index in [0.717, 1.165) is 12.1 Å². The summed E-state index contributed by atoms with van der Waals surface area (Å²) in [5.41, 5.74) is -0.0316. The smallest absolute Gasteiger partial charge is 0.232 e. The highest BCUT2D eigenvalue weighted by atomic mass is 35.5. The first kappa shape index (κ1) is 28.4. The van der Waals surface area contributed by atoms with Crippen LogP contribution in [0.15, 0.2) is 48.8 Å². The van der Waals surface area contributed by atoms with E-state index < -0.39 is 51.4 Å². The third-order valence-electron chi connectivity index (χ3n) is 5.75. The fourth-order valence-corrected chi connectivity index (χ4v) is 5.26. The van der Waals surface area contributed by atoms with Gasteiger partial charge in [0.2, 0.25) is 10.0 Å². The zero-order valence-corrected chi connectivity index (χ0v) is 22.1. The lowest BCUT2D eigenvalue weighted by atomic mass is 10.00. The number of rotatable bonds is 11. The van der Waals surface area contributed by atoms with Gasteiger partial charge in [-0.2, -0.15) is 0 Å². The van der Waals surface area contributed by atoms with E-state index in [9.17, 15) is 22.7 Å². The molecule has 0 spiro atoms. The molecule has 2 heterocycles. The second-order valence-corrected chi connectivity index (χ2v) is 10.9. The quantitative estimate of drug-likeness (QED) is 0.194. The van der Waals surface area contributed by atoms with Crippen LogP contribution in [-0.2, 0) is 10.0 Å². The van der Waals surface area contributed by atoms with Crippen molar-refractivity contribution < 1.29 is 36.9 Å². The number of aromatic amines is 1. The first-order chi connectivity index (χ1) is 18.5. The van der Waals surface area contributed by atoms with Gasteiger partial charge in [-0.05, 0) is 42.8 Å². The van der Waals surface area contributed by atoms with Gasteiger partial charge in [0, 0.05) is 34.5 Å². The molecule has 9 nitrogen and oxygen atoms in total. The number of fused-ring (bicyclic) bond motifs is 1. The lowest BCUT2D eigenvalue weighted by Crippen LogP contribution is -2.21. The Hall–Kier alpha value is -3.58. The van der Waals surface area contributed by atoms with Crippen molar-refractivity contribution in [2.45, 2.75) is 19.4 Å². The van der Waals surface area contributed by atoms with Gasteiger partial charge in [0.05, 0.1) is 22.9 Å². The fraction of sp³-hybridized carbons (Fsp3) is 0.231. The number of pyridine rings is 1. The number of anilines is 1. The number of hydrogen-bond acceptors (Lipinski definition) is 7. The summed E-state index contributed by atoms with van der Waals surface area (Å²) in [7, 11) is -4.02. The lowest BCUT2D eigenvalue weighted by Gasteiger charge is -2.12. The summed E-state index contributed by atoms with van der Waals surface area (Å²) >= 11 is 6.43. The minimum atomic E-state index is -4.02. The maximum Gasteiger partial charge on any atom is 0.232 e. The van der Waals surface area contributed by atoms with E-state index in [1.165, 1.54) is 18.5 Å². The molecule has 0 fully saturated rings. The number of ether oxygens (including phenoxy) is 1. The minimum absolute atomic E-state index is 0.0290. The van der Waals surface area contributed by atoms with Gasteiger partial charge >= 0.3 is 0 Å². The molecule has 206 valence electrons. The molecule has 4 N–H and O–H groups in total. The van der Waals surface area contributed by atoms with Crippen molar-refractivity contribution in [1.29, 1.82) is 0 Å². The van der Waals surface area contributed by atoms with Crippen LogP contribution in [0.1, 0.15) is 29.3 Å². The van der Waals surface area contributed by atoms with E-state index in [4.69, 9.17) is 21.4 Å². The summed E-state index contributed by atoms with van der Waals surface area (Å²) in [6.07, 6.45) is 2.04. The number of sulfonamides is 1. The Morgan fingerprint density at radius 1 is 1.21 bits per heavy atom. The summed E-state index contributed by atoms with van der Waals surface area (Å²) in [6.45, 7) is 1.02. The van der Waals surface area contributed by atoms with Gasteiger partial charge in [0.1, 0.15) is 35.6 Å². The van der Waals surface area contributed by atoms with Crippen molar-refractivity contribution >= 4 is 44.1 Å². The van der Waals surface area contributed by atoms with Gasteiger partial charge < -0.3 is 19.9 Å². The largest absolute Gasteiger partial charge is 0.491 e. The van der Waals surface area contributed by atoms with Crippen LogP contribution in [0.4, 0.5) is 14.5 Å². The van der Waals surface area contributed by atoms with E-state index in [0.29, 0.717) is 27.9 Å². The molecule has 0 aliphatic rings. The molecule has 13 heteroatoms. The Morgan fingerprint density at radius 2 is 1.97 bits per heavy atom. The fourth-order valence-electron chi connectivity index (χ4n) is 3.85. The molecule has 2 aromatic heterocycles. The predicted molar refractivity (Wildman–Crippen MR) is 143 cm³/mol. The molecule has 0 aliphatic carbocycles. The Balaban J connectivity index is 1.68. The maximum atomic E-state index is 15.2. The number of hydrogen-bond donors (Lipinski definition) is 4. The number of aliphatic hydroxyl groups excluding tert-OH is 2. The Labute approximate surface area is 227 Å². The number of carbonyl (C=O) groups is 1. The number of carbonyl (C=O) groups excluding carboxylic acids is 1. The van der Waals surface area contributed by atoms with Crippen LogP contribution in [0.25, 0.3) is 22.2 Å². The second-order valence-electron chi connectivity index (χ2n) is 8.65. The molecule has 1 unspecified atom stereocenters. The van der Waals surface area contributed by atoms with E-state index >= 15 is 4.39 Å². The van der Waals surface area contributed by atoms with E-state index in [1.807, 2.05) is 4.72 Å². The maximum absolute atomic E-state index is 15.2. The van der Waals surface area contributed by atoms with Crippen molar-refractivity contribution in [3.63, 3.8) is 0 Å². The van der Waals surface area contributed by atoms with Crippen molar-refractivity contribution in [1.82, 2.24) is 9.97 Å². The van der Waals surface area contributed by atoms with Crippen LogP contribution < -0.4 is 9.46 Å². The Morgan fingerprint density at radius 3 is 2.67 bits per heavy atom. The van der Waals surface area contributed by atoms with E-state index in [1.54, 1.807) is 25.1 Å². The average molecular weight is 580 g/mol. The molecule has 4 aromatic rings. The van der Waals surface area contributed by atoms with Crippen molar-refractivity contribution in [2.75, 3.05) is 23.7 Å². The highest BCUT2D eigenvalue weighted by Crippen LogP contribution is 2.34. The number of ketones is 1. The molecule has 4 rings (SSSR count). The minimum Gasteiger partial charge on any atom is -0.491 e. The summed E-state index contributed by atoms with van der Waals surface area (Å²) in [5, 5.41) is 19.0. The molecule has 0 bridgehead atoms. The molecule has 0 saturated heterocycles. The number of nitrogens with zero attached hydrogens (tertiary/aromatic N) is 1. The Kier molecular flexibility index (Phi) is 8.50.